The number of nitrogens with zero attached hydrogens (tertiary/aromatic N) is 1. The van der Waals surface area contributed by atoms with Crippen LogP contribution in [0.15, 0.2) is 0 Å². The Morgan fingerprint density at radius 2 is 1.74 bits per heavy atom. The van der Waals surface area contributed by atoms with E-state index in [1.165, 1.54) is 49.8 Å². The summed E-state index contributed by atoms with van der Waals surface area (Å²) in [6.07, 6.45) is 9.59. The van der Waals surface area contributed by atoms with Crippen molar-refractivity contribution in [1.29, 1.82) is 0 Å². The molecule has 1 heterocycles. The van der Waals surface area contributed by atoms with E-state index in [-0.39, 0.29) is 0 Å². The zero-order valence-corrected chi connectivity index (χ0v) is 11.9. The fourth-order valence-electron chi connectivity index (χ4n) is 5.61. The maximum absolute atomic E-state index is 6.21. The van der Waals surface area contributed by atoms with E-state index in [2.05, 4.69) is 17.1 Å². The Hall–Kier alpha value is -0.990. The Balaban J connectivity index is 1.70. The van der Waals surface area contributed by atoms with Crippen LogP contribution >= 0.6 is 0 Å². The molecule has 4 fully saturated rings. The number of rotatable bonds is 3. The smallest absolute Gasteiger partial charge is 0.148 e. The van der Waals surface area contributed by atoms with Crippen molar-refractivity contribution >= 4 is 5.82 Å². The molecule has 0 atom stereocenters. The molecule has 104 valence electrons. The highest BCUT2D eigenvalue weighted by Gasteiger charge is 2.49. The van der Waals surface area contributed by atoms with Crippen molar-refractivity contribution in [3.05, 3.63) is 11.3 Å². The van der Waals surface area contributed by atoms with Crippen LogP contribution in [0.2, 0.25) is 0 Å². The molecule has 0 amide bonds. The van der Waals surface area contributed by atoms with Crippen molar-refractivity contribution in [2.45, 2.75) is 57.8 Å². The number of hydrogen-bond acceptors (Lipinski definition) is 2. The van der Waals surface area contributed by atoms with Crippen molar-refractivity contribution in [1.82, 2.24) is 10.2 Å². The Morgan fingerprint density at radius 3 is 2.32 bits per heavy atom. The second kappa shape index (κ2) is 4.26. The summed E-state index contributed by atoms with van der Waals surface area (Å²) in [5, 5.41) is 7.53. The minimum absolute atomic E-state index is 0.716. The van der Waals surface area contributed by atoms with Crippen molar-refractivity contribution < 1.29 is 0 Å². The zero-order valence-electron chi connectivity index (χ0n) is 11.9. The number of aromatic amines is 1. The average Bonchev–Trinajstić information content (AvgIpc) is 2.71. The molecule has 0 saturated heterocycles. The number of nitrogens with two attached hydrogens (primary N) is 1. The van der Waals surface area contributed by atoms with Gasteiger partial charge in [-0.1, -0.05) is 13.3 Å². The summed E-state index contributed by atoms with van der Waals surface area (Å²) < 4.78 is 0. The molecule has 4 aliphatic rings. The Morgan fingerprint density at radius 1 is 1.11 bits per heavy atom. The van der Waals surface area contributed by atoms with E-state index in [0.717, 1.165) is 35.9 Å². The van der Waals surface area contributed by atoms with Crippen LogP contribution in [0, 0.1) is 23.7 Å². The highest BCUT2D eigenvalue weighted by molar-refractivity contribution is 5.46. The maximum Gasteiger partial charge on any atom is 0.148 e. The van der Waals surface area contributed by atoms with Gasteiger partial charge in [0.1, 0.15) is 5.82 Å². The molecule has 1 aromatic rings. The third-order valence-electron chi connectivity index (χ3n) is 5.97. The lowest BCUT2D eigenvalue weighted by molar-refractivity contribution is -0.00282. The number of anilines is 1. The van der Waals surface area contributed by atoms with Gasteiger partial charge in [0.25, 0.3) is 0 Å². The second-order valence-corrected chi connectivity index (χ2v) is 7.21. The summed E-state index contributed by atoms with van der Waals surface area (Å²) in [6.45, 7) is 2.23. The number of H-pyrrole nitrogens is 1. The van der Waals surface area contributed by atoms with E-state index < -0.39 is 0 Å². The van der Waals surface area contributed by atoms with Gasteiger partial charge >= 0.3 is 0 Å². The molecule has 4 saturated carbocycles. The van der Waals surface area contributed by atoms with Gasteiger partial charge in [0.15, 0.2) is 0 Å². The van der Waals surface area contributed by atoms with E-state index >= 15 is 0 Å². The molecule has 3 heteroatoms. The summed E-state index contributed by atoms with van der Waals surface area (Å²) in [7, 11) is 0. The van der Waals surface area contributed by atoms with Gasteiger partial charge in [0, 0.05) is 11.3 Å². The summed E-state index contributed by atoms with van der Waals surface area (Å²) in [5.74, 6) is 5.36. The van der Waals surface area contributed by atoms with Gasteiger partial charge in [0.05, 0.1) is 0 Å². The third-order valence-corrected chi connectivity index (χ3v) is 5.97. The summed E-state index contributed by atoms with van der Waals surface area (Å²) in [5.41, 5.74) is 8.95. The minimum atomic E-state index is 0.716. The highest BCUT2D eigenvalue weighted by atomic mass is 15.2. The molecule has 4 aliphatic carbocycles. The van der Waals surface area contributed by atoms with E-state index in [0.29, 0.717) is 5.92 Å². The summed E-state index contributed by atoms with van der Waals surface area (Å²) in [6, 6.07) is 0. The van der Waals surface area contributed by atoms with Gasteiger partial charge in [-0.2, -0.15) is 5.10 Å². The number of aryl methyl sites for hydroxylation is 1. The predicted octanol–water partition coefficient (Wildman–Crippen LogP) is 3.48. The number of nitrogen functional groups attached to an aromatic ring is 1. The second-order valence-electron chi connectivity index (χ2n) is 7.21. The van der Waals surface area contributed by atoms with Crippen LogP contribution in [-0.4, -0.2) is 10.2 Å². The molecular weight excluding hydrogens is 234 g/mol. The summed E-state index contributed by atoms with van der Waals surface area (Å²) in [4.78, 5) is 0. The molecule has 3 N–H and O–H groups in total. The first-order chi connectivity index (χ1) is 9.26. The Labute approximate surface area is 115 Å². The lowest BCUT2D eigenvalue weighted by Crippen LogP contribution is -2.44. The van der Waals surface area contributed by atoms with Gasteiger partial charge < -0.3 is 5.73 Å². The predicted molar refractivity (Wildman–Crippen MR) is 76.8 cm³/mol. The van der Waals surface area contributed by atoms with Crippen LogP contribution < -0.4 is 5.73 Å². The third kappa shape index (κ3) is 1.73. The molecule has 3 nitrogen and oxygen atoms in total. The van der Waals surface area contributed by atoms with Crippen LogP contribution in [0.3, 0.4) is 0 Å². The molecule has 19 heavy (non-hydrogen) atoms. The van der Waals surface area contributed by atoms with E-state index in [1.807, 2.05) is 0 Å². The SMILES string of the molecule is CCCc1[nH]nc(N)c1C1C2CC3CC(C2)CC1C3. The van der Waals surface area contributed by atoms with E-state index in [1.54, 1.807) is 0 Å². The first-order valence-electron chi connectivity index (χ1n) is 8.08. The monoisotopic (exact) mass is 259 g/mol. The molecule has 0 aromatic carbocycles. The normalized spacial score (nSPS) is 39.9. The largest absolute Gasteiger partial charge is 0.382 e. The number of aromatic nitrogens is 2. The van der Waals surface area contributed by atoms with Crippen LogP contribution in [0.4, 0.5) is 5.82 Å². The average molecular weight is 259 g/mol. The van der Waals surface area contributed by atoms with Crippen molar-refractivity contribution in [2.75, 3.05) is 5.73 Å². The zero-order chi connectivity index (χ0) is 13.0. The molecule has 1 aromatic heterocycles. The number of nitrogens with one attached hydrogen (secondary N) is 1. The van der Waals surface area contributed by atoms with Crippen LogP contribution in [0.1, 0.15) is 62.6 Å². The molecule has 5 rings (SSSR count). The maximum atomic E-state index is 6.21. The van der Waals surface area contributed by atoms with Gasteiger partial charge in [-0.15, -0.1) is 0 Å². The van der Waals surface area contributed by atoms with Gasteiger partial charge in [-0.05, 0) is 68.1 Å². The molecular formula is C16H25N3. The van der Waals surface area contributed by atoms with Crippen LogP contribution in [-0.2, 0) is 6.42 Å². The lowest BCUT2D eigenvalue weighted by Gasteiger charge is -2.54. The summed E-state index contributed by atoms with van der Waals surface area (Å²) >= 11 is 0. The van der Waals surface area contributed by atoms with E-state index in [4.69, 9.17) is 5.73 Å². The molecule has 0 unspecified atom stereocenters. The van der Waals surface area contributed by atoms with Gasteiger partial charge in [-0.3, -0.25) is 5.10 Å². The first kappa shape index (κ1) is 11.8. The van der Waals surface area contributed by atoms with Crippen LogP contribution in [0.25, 0.3) is 0 Å². The van der Waals surface area contributed by atoms with Crippen molar-refractivity contribution in [2.24, 2.45) is 23.7 Å². The Bertz CT molecular complexity index is 448. The molecule has 0 spiro atoms. The lowest BCUT2D eigenvalue weighted by atomic mass is 9.50. The molecule has 0 radical (unpaired) electrons. The van der Waals surface area contributed by atoms with Crippen LogP contribution in [0.5, 0.6) is 0 Å². The minimum Gasteiger partial charge on any atom is -0.382 e. The van der Waals surface area contributed by atoms with E-state index in [9.17, 15) is 0 Å². The standard InChI is InChI=1S/C16H25N3/c1-2-3-13-15(16(17)19-18-13)14-11-5-9-4-10(7-11)8-12(14)6-9/h9-12,14H,2-8H2,1H3,(H3,17,18,19). The van der Waals surface area contributed by atoms with Gasteiger partial charge in [-0.25, -0.2) is 0 Å². The van der Waals surface area contributed by atoms with Gasteiger partial charge in [0.2, 0.25) is 0 Å². The quantitative estimate of drug-likeness (QED) is 0.873. The highest BCUT2D eigenvalue weighted by Crippen LogP contribution is 2.60. The topological polar surface area (TPSA) is 54.7 Å². The number of hydrogen-bond donors (Lipinski definition) is 2. The molecule has 0 aliphatic heterocycles. The Kier molecular flexibility index (Phi) is 2.64. The fraction of sp³-hybridized carbons (Fsp3) is 0.812. The first-order valence-corrected chi connectivity index (χ1v) is 8.08. The van der Waals surface area contributed by atoms with Crippen molar-refractivity contribution in [3.8, 4) is 0 Å². The molecule has 4 bridgehead atoms. The van der Waals surface area contributed by atoms with Crippen molar-refractivity contribution in [3.63, 3.8) is 0 Å². The fourth-order valence-corrected chi connectivity index (χ4v) is 5.61.